The van der Waals surface area contributed by atoms with Crippen LogP contribution in [0.5, 0.6) is 5.75 Å². The molecule has 2 rings (SSSR count). The second-order valence-electron chi connectivity index (χ2n) is 6.30. The lowest BCUT2D eigenvalue weighted by Gasteiger charge is -2.32. The largest absolute Gasteiger partial charge is 0.494 e. The molecule has 0 radical (unpaired) electrons. The van der Waals surface area contributed by atoms with Gasteiger partial charge in [0.15, 0.2) is 11.6 Å². The topological polar surface area (TPSA) is 41.6 Å². The van der Waals surface area contributed by atoms with Crippen LogP contribution in [0.15, 0.2) is 18.2 Å². The molecule has 0 aliphatic heterocycles. The summed E-state index contributed by atoms with van der Waals surface area (Å²) in [5.41, 5.74) is 0.761. The smallest absolute Gasteiger partial charge is 0.317 e. The zero-order valence-corrected chi connectivity index (χ0v) is 14.3. The minimum Gasteiger partial charge on any atom is -0.494 e. The summed E-state index contributed by atoms with van der Waals surface area (Å²) in [6.07, 6.45) is 4.63. The molecule has 0 bridgehead atoms. The van der Waals surface area contributed by atoms with Crippen LogP contribution in [0, 0.1) is 11.7 Å². The van der Waals surface area contributed by atoms with Crippen LogP contribution in [0.3, 0.4) is 0 Å². The Bertz CT molecular complexity index is 536. The zero-order valence-electron chi connectivity index (χ0n) is 14.3. The summed E-state index contributed by atoms with van der Waals surface area (Å²) < 4.78 is 18.7. The van der Waals surface area contributed by atoms with Crippen molar-refractivity contribution in [2.75, 3.05) is 13.7 Å². The van der Waals surface area contributed by atoms with Gasteiger partial charge < -0.3 is 15.0 Å². The first kappa shape index (κ1) is 17.6. The predicted octanol–water partition coefficient (Wildman–Crippen LogP) is 3.94. The van der Waals surface area contributed by atoms with Gasteiger partial charge in [-0.3, -0.25) is 0 Å². The number of amides is 2. The second kappa shape index (κ2) is 8.18. The van der Waals surface area contributed by atoms with Gasteiger partial charge in [-0.1, -0.05) is 25.8 Å². The molecule has 2 amide bonds. The maximum absolute atomic E-state index is 13.8. The van der Waals surface area contributed by atoms with Crippen LogP contribution >= 0.6 is 0 Å². The molecule has 1 aromatic carbocycles. The molecule has 23 heavy (non-hydrogen) atoms. The monoisotopic (exact) mass is 322 g/mol. The molecule has 1 aliphatic carbocycles. The lowest BCUT2D eigenvalue weighted by molar-refractivity contribution is 0.182. The molecular formula is C18H27FN2O2. The Labute approximate surface area is 138 Å². The number of methoxy groups -OCH3 is 1. The van der Waals surface area contributed by atoms with Gasteiger partial charge in [-0.2, -0.15) is 0 Å². The summed E-state index contributed by atoms with van der Waals surface area (Å²) in [6.45, 7) is 5.11. The fourth-order valence-corrected chi connectivity index (χ4v) is 3.14. The normalized spacial score (nSPS) is 20.9. The van der Waals surface area contributed by atoms with Crippen molar-refractivity contribution in [2.45, 2.75) is 52.1 Å². The molecule has 1 aromatic rings. The van der Waals surface area contributed by atoms with Crippen LogP contribution < -0.4 is 10.1 Å². The highest BCUT2D eigenvalue weighted by molar-refractivity contribution is 5.74. The molecule has 128 valence electrons. The molecule has 1 fully saturated rings. The van der Waals surface area contributed by atoms with E-state index in [1.807, 2.05) is 6.92 Å². The number of carbonyl (C=O) groups excluding carboxylic acids is 1. The number of urea groups is 1. The van der Waals surface area contributed by atoms with Gasteiger partial charge in [-0.15, -0.1) is 0 Å². The van der Waals surface area contributed by atoms with E-state index in [2.05, 4.69) is 12.2 Å². The van der Waals surface area contributed by atoms with E-state index in [0.717, 1.165) is 12.0 Å². The molecule has 0 spiro atoms. The summed E-state index contributed by atoms with van der Waals surface area (Å²) in [4.78, 5) is 14.2. The van der Waals surface area contributed by atoms with Crippen molar-refractivity contribution in [3.8, 4) is 5.75 Å². The molecule has 1 N–H and O–H groups in total. The summed E-state index contributed by atoms with van der Waals surface area (Å²) in [7, 11) is 1.44. The average molecular weight is 322 g/mol. The van der Waals surface area contributed by atoms with E-state index < -0.39 is 5.82 Å². The molecule has 1 aliphatic rings. The minimum absolute atomic E-state index is 0.0672. The van der Waals surface area contributed by atoms with E-state index in [-0.39, 0.29) is 17.8 Å². The average Bonchev–Trinajstić information content (AvgIpc) is 2.54. The van der Waals surface area contributed by atoms with E-state index in [0.29, 0.717) is 19.0 Å². The van der Waals surface area contributed by atoms with Crippen LogP contribution in [0.4, 0.5) is 9.18 Å². The Morgan fingerprint density at radius 2 is 2.13 bits per heavy atom. The SMILES string of the molecule is CCN(Cc1ccc(OC)c(F)c1)C(=O)N[C@H]1CCCC[C@H]1C. The minimum atomic E-state index is -0.401. The Morgan fingerprint density at radius 1 is 1.39 bits per heavy atom. The molecule has 0 aromatic heterocycles. The summed E-state index contributed by atoms with van der Waals surface area (Å²) in [5.74, 6) is 0.337. The van der Waals surface area contributed by atoms with Gasteiger partial charge in [0.1, 0.15) is 0 Å². The Morgan fingerprint density at radius 3 is 2.74 bits per heavy atom. The van der Waals surface area contributed by atoms with Gasteiger partial charge in [0.05, 0.1) is 7.11 Å². The number of benzene rings is 1. The fourth-order valence-electron chi connectivity index (χ4n) is 3.14. The van der Waals surface area contributed by atoms with Crippen LogP contribution in [-0.2, 0) is 6.54 Å². The van der Waals surface area contributed by atoms with E-state index >= 15 is 0 Å². The second-order valence-corrected chi connectivity index (χ2v) is 6.30. The molecule has 1 saturated carbocycles. The lowest BCUT2D eigenvalue weighted by Crippen LogP contribution is -2.47. The van der Waals surface area contributed by atoms with Crippen LogP contribution in [-0.4, -0.2) is 30.6 Å². The van der Waals surface area contributed by atoms with E-state index in [1.54, 1.807) is 17.0 Å². The van der Waals surface area contributed by atoms with Crippen molar-refractivity contribution in [1.82, 2.24) is 10.2 Å². The molecule has 0 unspecified atom stereocenters. The molecule has 5 heteroatoms. The number of rotatable bonds is 5. The Balaban J connectivity index is 1.98. The molecule has 0 saturated heterocycles. The Hall–Kier alpha value is -1.78. The van der Waals surface area contributed by atoms with E-state index in [4.69, 9.17) is 4.74 Å². The summed E-state index contributed by atoms with van der Waals surface area (Å²) in [5, 5.41) is 3.15. The van der Waals surface area contributed by atoms with Gasteiger partial charge in [-0.25, -0.2) is 9.18 Å². The number of carbonyl (C=O) groups is 1. The number of hydrogen-bond donors (Lipinski definition) is 1. The van der Waals surface area contributed by atoms with Crippen LogP contribution in [0.2, 0.25) is 0 Å². The first-order valence-electron chi connectivity index (χ1n) is 8.43. The van der Waals surface area contributed by atoms with Gasteiger partial charge in [0, 0.05) is 19.1 Å². The van der Waals surface area contributed by atoms with Gasteiger partial charge in [0.2, 0.25) is 0 Å². The van der Waals surface area contributed by atoms with E-state index in [9.17, 15) is 9.18 Å². The first-order valence-corrected chi connectivity index (χ1v) is 8.43. The highest BCUT2D eigenvalue weighted by atomic mass is 19.1. The highest BCUT2D eigenvalue weighted by Gasteiger charge is 2.24. The lowest BCUT2D eigenvalue weighted by atomic mass is 9.86. The summed E-state index contributed by atoms with van der Waals surface area (Å²) in [6, 6.07) is 5.00. The van der Waals surface area contributed by atoms with Crippen molar-refractivity contribution in [1.29, 1.82) is 0 Å². The van der Waals surface area contributed by atoms with Crippen LogP contribution in [0.25, 0.3) is 0 Å². The predicted molar refractivity (Wildman–Crippen MR) is 89.0 cm³/mol. The Kier molecular flexibility index (Phi) is 6.25. The van der Waals surface area contributed by atoms with Crippen LogP contribution in [0.1, 0.15) is 45.1 Å². The third-order valence-electron chi connectivity index (χ3n) is 4.68. The number of halogens is 1. The number of nitrogens with zero attached hydrogens (tertiary/aromatic N) is 1. The third kappa shape index (κ3) is 4.60. The van der Waals surface area contributed by atoms with Crippen molar-refractivity contribution < 1.29 is 13.9 Å². The maximum Gasteiger partial charge on any atom is 0.317 e. The van der Waals surface area contributed by atoms with Gasteiger partial charge >= 0.3 is 6.03 Å². The molecule has 0 heterocycles. The van der Waals surface area contributed by atoms with Crippen molar-refractivity contribution in [3.63, 3.8) is 0 Å². The molecule has 4 nitrogen and oxygen atoms in total. The summed E-state index contributed by atoms with van der Waals surface area (Å²) >= 11 is 0. The quantitative estimate of drug-likeness (QED) is 0.892. The van der Waals surface area contributed by atoms with Crippen molar-refractivity contribution in [3.05, 3.63) is 29.6 Å². The fraction of sp³-hybridized carbons (Fsp3) is 0.611. The van der Waals surface area contributed by atoms with Gasteiger partial charge in [0.25, 0.3) is 0 Å². The first-order chi connectivity index (χ1) is 11.0. The van der Waals surface area contributed by atoms with Crippen molar-refractivity contribution in [2.24, 2.45) is 5.92 Å². The number of nitrogens with one attached hydrogen (secondary N) is 1. The number of hydrogen-bond acceptors (Lipinski definition) is 2. The standard InChI is InChI=1S/C18H27FN2O2/c1-4-21(12-14-9-10-17(23-3)15(19)11-14)18(22)20-16-8-6-5-7-13(16)2/h9-11,13,16H,4-8,12H2,1-3H3,(H,20,22)/t13-,16+/m1/s1. The molecule has 2 atom stereocenters. The van der Waals surface area contributed by atoms with E-state index in [1.165, 1.54) is 32.4 Å². The third-order valence-corrected chi connectivity index (χ3v) is 4.68. The zero-order chi connectivity index (χ0) is 16.8. The molecular weight excluding hydrogens is 295 g/mol. The van der Waals surface area contributed by atoms with Crippen molar-refractivity contribution >= 4 is 6.03 Å². The highest BCUT2D eigenvalue weighted by Crippen LogP contribution is 2.24. The maximum atomic E-state index is 13.8. The number of ether oxygens (including phenoxy) is 1. The van der Waals surface area contributed by atoms with Gasteiger partial charge in [-0.05, 0) is 43.4 Å².